The highest BCUT2D eigenvalue weighted by atomic mass is 32.2. The predicted octanol–water partition coefficient (Wildman–Crippen LogP) is 2.97. The van der Waals surface area contributed by atoms with E-state index in [0.717, 1.165) is 18.4 Å². The molecule has 1 aromatic carbocycles. The first-order valence-electron chi connectivity index (χ1n) is 6.53. The topological polar surface area (TPSA) is 72.2 Å². The Kier molecular flexibility index (Phi) is 3.05. The number of aryl methyl sites for hydroxylation is 2. The zero-order valence-corrected chi connectivity index (χ0v) is 12.2. The highest BCUT2D eigenvalue weighted by molar-refractivity contribution is 7.92. The summed E-state index contributed by atoms with van der Waals surface area (Å²) in [6, 6.07) is 6.81. The van der Waals surface area contributed by atoms with Crippen LogP contribution in [0.5, 0.6) is 0 Å². The van der Waals surface area contributed by atoms with Gasteiger partial charge in [0.15, 0.2) is 5.76 Å². The van der Waals surface area contributed by atoms with Crippen LogP contribution >= 0.6 is 0 Å². The maximum atomic E-state index is 12.4. The smallest absolute Gasteiger partial charge is 0.262 e. The Hall–Kier alpha value is -1.82. The van der Waals surface area contributed by atoms with Crippen LogP contribution < -0.4 is 4.72 Å². The monoisotopic (exact) mass is 292 g/mol. The first kappa shape index (κ1) is 13.2. The Morgan fingerprint density at radius 3 is 2.70 bits per heavy atom. The molecule has 0 unspecified atom stereocenters. The van der Waals surface area contributed by atoms with Gasteiger partial charge < -0.3 is 4.52 Å². The number of hydrogen-bond donors (Lipinski definition) is 1. The zero-order valence-electron chi connectivity index (χ0n) is 11.4. The van der Waals surface area contributed by atoms with Crippen LogP contribution in [-0.2, 0) is 10.0 Å². The molecule has 20 heavy (non-hydrogen) atoms. The van der Waals surface area contributed by atoms with Gasteiger partial charge in [0, 0.05) is 5.92 Å². The Bertz CT molecular complexity index is 746. The van der Waals surface area contributed by atoms with Gasteiger partial charge >= 0.3 is 0 Å². The van der Waals surface area contributed by atoms with Crippen molar-refractivity contribution < 1.29 is 12.9 Å². The number of sulfonamides is 1. The molecule has 3 rings (SSSR count). The normalized spacial score (nSPS) is 15.3. The standard InChI is InChI=1S/C14H16N2O3S/c1-9-4-3-5-12(8-9)20(17,18)16-13-10(2)15-19-14(13)11-6-7-11/h3-5,8,11,16H,6-7H2,1-2H3. The van der Waals surface area contributed by atoms with Crippen LogP contribution in [0.25, 0.3) is 0 Å². The van der Waals surface area contributed by atoms with Gasteiger partial charge in [-0.25, -0.2) is 8.42 Å². The van der Waals surface area contributed by atoms with Gasteiger partial charge in [0.25, 0.3) is 10.0 Å². The molecule has 1 heterocycles. The molecule has 0 radical (unpaired) electrons. The fourth-order valence-corrected chi connectivity index (χ4v) is 3.34. The number of hydrogen-bond acceptors (Lipinski definition) is 4. The van der Waals surface area contributed by atoms with Gasteiger partial charge in [0.05, 0.1) is 4.90 Å². The summed E-state index contributed by atoms with van der Waals surface area (Å²) in [5, 5.41) is 3.87. The van der Waals surface area contributed by atoms with Gasteiger partial charge in [0.1, 0.15) is 11.4 Å². The Morgan fingerprint density at radius 2 is 2.05 bits per heavy atom. The number of rotatable bonds is 4. The van der Waals surface area contributed by atoms with E-state index in [9.17, 15) is 8.42 Å². The summed E-state index contributed by atoms with van der Waals surface area (Å²) in [5.41, 5.74) is 1.97. The minimum Gasteiger partial charge on any atom is -0.359 e. The molecular formula is C14H16N2O3S. The second-order valence-electron chi connectivity index (χ2n) is 5.20. The van der Waals surface area contributed by atoms with Crippen molar-refractivity contribution in [1.82, 2.24) is 5.16 Å². The average molecular weight is 292 g/mol. The van der Waals surface area contributed by atoms with Crippen LogP contribution in [0.4, 0.5) is 5.69 Å². The van der Waals surface area contributed by atoms with E-state index in [1.807, 2.05) is 13.0 Å². The molecule has 0 amide bonds. The summed E-state index contributed by atoms with van der Waals surface area (Å²) in [5.74, 6) is 0.949. The quantitative estimate of drug-likeness (QED) is 0.940. The molecule has 1 aliphatic rings. The minimum atomic E-state index is -3.61. The molecule has 1 N–H and O–H groups in total. The molecule has 0 saturated heterocycles. The average Bonchev–Trinajstić information content (AvgIpc) is 3.17. The molecule has 0 aliphatic heterocycles. The van der Waals surface area contributed by atoms with Crippen LogP contribution in [0.3, 0.4) is 0 Å². The number of anilines is 1. The molecule has 1 fully saturated rings. The molecule has 0 atom stereocenters. The third kappa shape index (κ3) is 2.43. The second kappa shape index (κ2) is 4.63. The van der Waals surface area contributed by atoms with E-state index in [2.05, 4.69) is 9.88 Å². The van der Waals surface area contributed by atoms with Gasteiger partial charge in [-0.2, -0.15) is 0 Å². The lowest BCUT2D eigenvalue weighted by Gasteiger charge is -2.08. The zero-order chi connectivity index (χ0) is 14.3. The summed E-state index contributed by atoms with van der Waals surface area (Å²) in [6.07, 6.45) is 2.04. The van der Waals surface area contributed by atoms with E-state index >= 15 is 0 Å². The number of nitrogens with zero attached hydrogens (tertiary/aromatic N) is 1. The third-order valence-corrected chi connectivity index (χ3v) is 4.72. The van der Waals surface area contributed by atoms with Crippen molar-refractivity contribution in [3.63, 3.8) is 0 Å². The summed E-state index contributed by atoms with van der Waals surface area (Å²) < 4.78 is 32.7. The number of benzene rings is 1. The molecule has 2 aromatic rings. The molecule has 5 nitrogen and oxygen atoms in total. The maximum Gasteiger partial charge on any atom is 0.262 e. The minimum absolute atomic E-state index is 0.250. The van der Waals surface area contributed by atoms with Crippen molar-refractivity contribution in [1.29, 1.82) is 0 Å². The Labute approximate surface area is 118 Å². The number of nitrogens with one attached hydrogen (secondary N) is 1. The molecule has 1 aliphatic carbocycles. The summed E-state index contributed by atoms with van der Waals surface area (Å²) in [4.78, 5) is 0.250. The van der Waals surface area contributed by atoms with Crippen LogP contribution in [0, 0.1) is 13.8 Å². The number of aromatic nitrogens is 1. The van der Waals surface area contributed by atoms with E-state index < -0.39 is 10.0 Å². The van der Waals surface area contributed by atoms with Gasteiger partial charge in [-0.3, -0.25) is 4.72 Å². The largest absolute Gasteiger partial charge is 0.359 e. The van der Waals surface area contributed by atoms with Crippen LogP contribution in [0.15, 0.2) is 33.7 Å². The van der Waals surface area contributed by atoms with Crippen LogP contribution in [-0.4, -0.2) is 13.6 Å². The molecule has 0 bridgehead atoms. The molecule has 6 heteroatoms. The summed E-state index contributed by atoms with van der Waals surface area (Å²) >= 11 is 0. The summed E-state index contributed by atoms with van der Waals surface area (Å²) in [7, 11) is -3.61. The first-order valence-corrected chi connectivity index (χ1v) is 8.01. The van der Waals surface area contributed by atoms with E-state index in [0.29, 0.717) is 23.1 Å². The maximum absolute atomic E-state index is 12.4. The van der Waals surface area contributed by atoms with Crippen molar-refractivity contribution in [3.8, 4) is 0 Å². The van der Waals surface area contributed by atoms with Gasteiger partial charge in [-0.1, -0.05) is 17.3 Å². The van der Waals surface area contributed by atoms with Crippen molar-refractivity contribution in [2.24, 2.45) is 0 Å². The highest BCUT2D eigenvalue weighted by Crippen LogP contribution is 2.44. The van der Waals surface area contributed by atoms with E-state index in [-0.39, 0.29) is 4.90 Å². The van der Waals surface area contributed by atoms with Crippen LogP contribution in [0.1, 0.15) is 35.8 Å². The van der Waals surface area contributed by atoms with E-state index in [1.165, 1.54) is 0 Å². The SMILES string of the molecule is Cc1cccc(S(=O)(=O)Nc2c(C)noc2C2CC2)c1. The first-order chi connectivity index (χ1) is 9.47. The lowest BCUT2D eigenvalue weighted by molar-refractivity contribution is 0.381. The fraction of sp³-hybridized carbons (Fsp3) is 0.357. The van der Waals surface area contributed by atoms with Crippen LogP contribution in [0.2, 0.25) is 0 Å². The van der Waals surface area contributed by atoms with Crippen molar-refractivity contribution >= 4 is 15.7 Å². The lowest BCUT2D eigenvalue weighted by atomic mass is 10.2. The highest BCUT2D eigenvalue weighted by Gasteiger charge is 2.33. The van der Waals surface area contributed by atoms with Crippen molar-refractivity contribution in [2.45, 2.75) is 37.5 Å². The summed E-state index contributed by atoms with van der Waals surface area (Å²) in [6.45, 7) is 3.60. The fourth-order valence-electron chi connectivity index (χ4n) is 2.11. The predicted molar refractivity (Wildman–Crippen MR) is 75.2 cm³/mol. The molecule has 106 valence electrons. The lowest BCUT2D eigenvalue weighted by Crippen LogP contribution is -2.14. The third-order valence-electron chi connectivity index (χ3n) is 3.37. The molecule has 1 aromatic heterocycles. The van der Waals surface area contributed by atoms with Crippen molar-refractivity contribution in [2.75, 3.05) is 4.72 Å². The Balaban J connectivity index is 1.96. The molecular weight excluding hydrogens is 276 g/mol. The van der Waals surface area contributed by atoms with Gasteiger partial charge in [-0.05, 0) is 44.4 Å². The second-order valence-corrected chi connectivity index (χ2v) is 6.89. The Morgan fingerprint density at radius 1 is 1.30 bits per heavy atom. The van der Waals surface area contributed by atoms with E-state index in [4.69, 9.17) is 4.52 Å². The molecule has 0 spiro atoms. The van der Waals surface area contributed by atoms with E-state index in [1.54, 1.807) is 25.1 Å². The van der Waals surface area contributed by atoms with Crippen molar-refractivity contribution in [3.05, 3.63) is 41.3 Å². The van der Waals surface area contributed by atoms with Gasteiger partial charge in [0.2, 0.25) is 0 Å². The molecule has 1 saturated carbocycles. The van der Waals surface area contributed by atoms with Gasteiger partial charge in [-0.15, -0.1) is 0 Å².